The van der Waals surface area contributed by atoms with Gasteiger partial charge in [-0.1, -0.05) is 29.5 Å². The van der Waals surface area contributed by atoms with Crippen molar-refractivity contribution in [3.05, 3.63) is 59.9 Å². The molecule has 0 aliphatic rings. The van der Waals surface area contributed by atoms with E-state index in [0.29, 0.717) is 34.8 Å². The molecule has 0 aliphatic carbocycles. The quantitative estimate of drug-likeness (QED) is 0.346. The highest BCUT2D eigenvalue weighted by molar-refractivity contribution is 7.99. The molecule has 1 heterocycles. The second-order valence-electron chi connectivity index (χ2n) is 6.59. The smallest absolute Gasteiger partial charge is 0.191 e. The third kappa shape index (κ3) is 5.54. The Kier molecular flexibility index (Phi) is 7.38. The zero-order chi connectivity index (χ0) is 21.6. The number of hydrogen-bond acceptors (Lipinski definition) is 7. The molecule has 0 bridgehead atoms. The first kappa shape index (κ1) is 22.2. The van der Waals surface area contributed by atoms with Gasteiger partial charge in [-0.05, 0) is 50.2 Å². The van der Waals surface area contributed by atoms with Crippen molar-refractivity contribution in [2.45, 2.75) is 36.2 Å². The predicted molar refractivity (Wildman–Crippen MR) is 117 cm³/mol. The standard InChI is InChI=1S/C21H25N3O4S2/c1-4-24-20(15-30(25,26)19-11-5-16(2)6-12-19)22-23-21(24)29-14-13-28-18-9-7-17(27-3)8-10-18/h5-12H,4,13-15H2,1-3H3. The van der Waals surface area contributed by atoms with Gasteiger partial charge in [0.1, 0.15) is 23.1 Å². The number of aryl methyl sites for hydroxylation is 1. The van der Waals surface area contributed by atoms with Gasteiger partial charge in [-0.25, -0.2) is 8.42 Å². The number of methoxy groups -OCH3 is 1. The van der Waals surface area contributed by atoms with Gasteiger partial charge in [-0.2, -0.15) is 0 Å². The molecule has 0 fully saturated rings. The predicted octanol–water partition coefficient (Wildman–Crippen LogP) is 3.76. The number of thioether (sulfide) groups is 1. The second kappa shape index (κ2) is 9.99. The number of ether oxygens (including phenoxy) is 2. The first-order valence-electron chi connectivity index (χ1n) is 9.54. The first-order chi connectivity index (χ1) is 14.4. The fourth-order valence-corrected chi connectivity index (χ4v) is 4.92. The summed E-state index contributed by atoms with van der Waals surface area (Å²) in [5.74, 6) is 2.46. The van der Waals surface area contributed by atoms with Crippen LogP contribution in [0.5, 0.6) is 11.5 Å². The summed E-state index contributed by atoms with van der Waals surface area (Å²) >= 11 is 1.49. The van der Waals surface area contributed by atoms with E-state index in [4.69, 9.17) is 9.47 Å². The van der Waals surface area contributed by atoms with Crippen LogP contribution in [0, 0.1) is 6.92 Å². The maximum atomic E-state index is 12.7. The van der Waals surface area contributed by atoms with Crippen molar-refractivity contribution in [3.8, 4) is 11.5 Å². The molecule has 0 saturated carbocycles. The van der Waals surface area contributed by atoms with Gasteiger partial charge < -0.3 is 14.0 Å². The molecular formula is C21H25N3O4S2. The lowest BCUT2D eigenvalue weighted by molar-refractivity contribution is 0.342. The Morgan fingerprint density at radius 1 is 1.00 bits per heavy atom. The average Bonchev–Trinajstić information content (AvgIpc) is 3.12. The van der Waals surface area contributed by atoms with E-state index in [1.807, 2.05) is 42.7 Å². The van der Waals surface area contributed by atoms with E-state index < -0.39 is 9.84 Å². The Morgan fingerprint density at radius 3 is 2.30 bits per heavy atom. The lowest BCUT2D eigenvalue weighted by Crippen LogP contribution is -2.11. The Bertz CT molecular complexity index is 1060. The van der Waals surface area contributed by atoms with Crippen LogP contribution < -0.4 is 9.47 Å². The Hall–Kier alpha value is -2.52. The van der Waals surface area contributed by atoms with Crippen LogP contribution in [0.15, 0.2) is 58.6 Å². The molecule has 160 valence electrons. The summed E-state index contributed by atoms with van der Waals surface area (Å²) in [6.45, 7) is 4.95. The molecule has 0 atom stereocenters. The van der Waals surface area contributed by atoms with Crippen LogP contribution in [0.3, 0.4) is 0 Å². The minimum Gasteiger partial charge on any atom is -0.497 e. The number of hydrogen-bond donors (Lipinski definition) is 0. The van der Waals surface area contributed by atoms with Gasteiger partial charge in [0.2, 0.25) is 0 Å². The van der Waals surface area contributed by atoms with Crippen molar-refractivity contribution in [1.82, 2.24) is 14.8 Å². The minimum atomic E-state index is -3.48. The van der Waals surface area contributed by atoms with Gasteiger partial charge in [-0.15, -0.1) is 10.2 Å². The number of nitrogens with zero attached hydrogens (tertiary/aromatic N) is 3. The maximum Gasteiger partial charge on any atom is 0.191 e. The summed E-state index contributed by atoms with van der Waals surface area (Å²) in [6, 6.07) is 14.2. The van der Waals surface area contributed by atoms with Crippen LogP contribution in [-0.2, 0) is 22.1 Å². The van der Waals surface area contributed by atoms with E-state index in [9.17, 15) is 8.42 Å². The van der Waals surface area contributed by atoms with Gasteiger partial charge in [0, 0.05) is 12.3 Å². The number of rotatable bonds is 10. The molecule has 1 aromatic heterocycles. The molecule has 7 nitrogen and oxygen atoms in total. The van der Waals surface area contributed by atoms with Crippen molar-refractivity contribution < 1.29 is 17.9 Å². The van der Waals surface area contributed by atoms with Crippen LogP contribution >= 0.6 is 11.8 Å². The third-order valence-electron chi connectivity index (χ3n) is 4.45. The molecule has 0 radical (unpaired) electrons. The number of aromatic nitrogens is 3. The molecule has 3 rings (SSSR count). The number of sulfone groups is 1. The van der Waals surface area contributed by atoms with Gasteiger partial charge in [0.15, 0.2) is 15.0 Å². The molecule has 0 aliphatic heterocycles. The summed E-state index contributed by atoms with van der Waals surface area (Å²) in [5.41, 5.74) is 1.02. The van der Waals surface area contributed by atoms with Crippen molar-refractivity contribution in [3.63, 3.8) is 0 Å². The lowest BCUT2D eigenvalue weighted by atomic mass is 10.2. The highest BCUT2D eigenvalue weighted by Gasteiger charge is 2.21. The summed E-state index contributed by atoms with van der Waals surface area (Å²) in [7, 11) is -1.86. The van der Waals surface area contributed by atoms with Gasteiger partial charge in [0.25, 0.3) is 0 Å². The Morgan fingerprint density at radius 2 is 1.67 bits per heavy atom. The Balaban J connectivity index is 1.60. The molecule has 3 aromatic rings. The molecule has 0 saturated heterocycles. The lowest BCUT2D eigenvalue weighted by Gasteiger charge is -2.09. The normalized spacial score (nSPS) is 11.4. The second-order valence-corrected chi connectivity index (χ2v) is 9.64. The van der Waals surface area contributed by atoms with Crippen LogP contribution in [0.2, 0.25) is 0 Å². The maximum absolute atomic E-state index is 12.7. The summed E-state index contributed by atoms with van der Waals surface area (Å²) < 4.78 is 38.2. The van der Waals surface area contributed by atoms with Gasteiger partial charge in [-0.3, -0.25) is 0 Å². The molecule has 0 unspecified atom stereocenters. The first-order valence-corrected chi connectivity index (χ1v) is 12.2. The molecular weight excluding hydrogens is 422 g/mol. The van der Waals surface area contributed by atoms with E-state index >= 15 is 0 Å². The average molecular weight is 448 g/mol. The molecule has 9 heteroatoms. The largest absolute Gasteiger partial charge is 0.497 e. The fourth-order valence-electron chi connectivity index (χ4n) is 2.81. The third-order valence-corrected chi connectivity index (χ3v) is 7.01. The molecule has 0 N–H and O–H groups in total. The fraction of sp³-hybridized carbons (Fsp3) is 0.333. The highest BCUT2D eigenvalue weighted by atomic mass is 32.2. The topological polar surface area (TPSA) is 83.3 Å². The van der Waals surface area contributed by atoms with Crippen molar-refractivity contribution in [2.24, 2.45) is 0 Å². The van der Waals surface area contributed by atoms with Crippen molar-refractivity contribution >= 4 is 21.6 Å². The summed E-state index contributed by atoms with van der Waals surface area (Å²) in [6.07, 6.45) is 0. The molecule has 0 amide bonds. The van der Waals surface area contributed by atoms with E-state index in [1.165, 1.54) is 11.8 Å². The van der Waals surface area contributed by atoms with Crippen LogP contribution in [0.25, 0.3) is 0 Å². The summed E-state index contributed by atoms with van der Waals surface area (Å²) in [4.78, 5) is 0.292. The van der Waals surface area contributed by atoms with Crippen LogP contribution in [-0.4, -0.2) is 42.7 Å². The van der Waals surface area contributed by atoms with E-state index in [1.54, 1.807) is 31.4 Å². The Labute approximate surface area is 181 Å². The van der Waals surface area contributed by atoms with Crippen LogP contribution in [0.1, 0.15) is 18.3 Å². The van der Waals surface area contributed by atoms with Crippen LogP contribution in [0.4, 0.5) is 0 Å². The summed E-state index contributed by atoms with van der Waals surface area (Å²) in [5, 5.41) is 9.00. The van der Waals surface area contributed by atoms with Crippen molar-refractivity contribution in [1.29, 1.82) is 0 Å². The zero-order valence-corrected chi connectivity index (χ0v) is 18.9. The zero-order valence-electron chi connectivity index (χ0n) is 17.2. The van der Waals surface area contributed by atoms with Gasteiger partial charge >= 0.3 is 0 Å². The minimum absolute atomic E-state index is 0.181. The van der Waals surface area contributed by atoms with E-state index in [-0.39, 0.29) is 5.75 Å². The van der Waals surface area contributed by atoms with Crippen molar-refractivity contribution in [2.75, 3.05) is 19.5 Å². The molecule has 2 aromatic carbocycles. The highest BCUT2D eigenvalue weighted by Crippen LogP contribution is 2.22. The SMILES string of the molecule is CCn1c(CS(=O)(=O)c2ccc(C)cc2)nnc1SCCOc1ccc(OC)cc1. The molecule has 30 heavy (non-hydrogen) atoms. The molecule has 0 spiro atoms. The monoisotopic (exact) mass is 447 g/mol. The number of benzene rings is 2. The van der Waals surface area contributed by atoms with E-state index in [2.05, 4.69) is 10.2 Å². The van der Waals surface area contributed by atoms with E-state index in [0.717, 1.165) is 17.1 Å². The van der Waals surface area contributed by atoms with Gasteiger partial charge in [0.05, 0.1) is 18.6 Å².